The van der Waals surface area contributed by atoms with E-state index in [2.05, 4.69) is 0 Å². The molecule has 1 aliphatic carbocycles. The lowest BCUT2D eigenvalue weighted by Crippen LogP contribution is -1.92. The zero-order chi connectivity index (χ0) is 11.5. The maximum Gasteiger partial charge on any atom is 0.0431 e. The minimum atomic E-state index is 0.376. The summed E-state index contributed by atoms with van der Waals surface area (Å²) >= 11 is 0. The summed E-state index contributed by atoms with van der Waals surface area (Å²) < 4.78 is 0. The molecular weight excluding hydrogens is 196 g/mol. The summed E-state index contributed by atoms with van der Waals surface area (Å²) in [7, 11) is 0. The molecule has 0 atom stereocenters. The second kappa shape index (κ2) is 10.1. The maximum absolute atomic E-state index is 8.64. The predicted octanol–water partition coefficient (Wildman–Crippen LogP) is 4.68. The third kappa shape index (κ3) is 7.27. The van der Waals surface area contributed by atoms with Crippen molar-refractivity contribution in [3.8, 4) is 0 Å². The molecule has 1 N–H and O–H groups in total. The smallest absolute Gasteiger partial charge is 0.0431 e. The minimum absolute atomic E-state index is 0.376. The van der Waals surface area contributed by atoms with E-state index in [0.717, 1.165) is 12.3 Å². The molecule has 0 aromatic carbocycles. The van der Waals surface area contributed by atoms with E-state index in [4.69, 9.17) is 5.11 Å². The summed E-state index contributed by atoms with van der Waals surface area (Å²) in [4.78, 5) is 0. The second-order valence-electron chi connectivity index (χ2n) is 5.49. The SMILES string of the molecule is OCCCCCCCCCCC1CCCC1. The van der Waals surface area contributed by atoms with E-state index >= 15 is 0 Å². The van der Waals surface area contributed by atoms with Crippen LogP contribution in [-0.2, 0) is 0 Å². The normalized spacial score (nSPS) is 17.1. The molecule has 0 spiro atoms. The van der Waals surface area contributed by atoms with Crippen LogP contribution in [0.2, 0.25) is 0 Å². The van der Waals surface area contributed by atoms with Crippen LogP contribution in [0.1, 0.15) is 83.5 Å². The topological polar surface area (TPSA) is 20.2 Å². The Morgan fingerprint density at radius 1 is 0.688 bits per heavy atom. The Bertz CT molecular complexity index is 138. The van der Waals surface area contributed by atoms with E-state index < -0.39 is 0 Å². The van der Waals surface area contributed by atoms with E-state index in [9.17, 15) is 0 Å². The summed E-state index contributed by atoms with van der Waals surface area (Å²) in [6.45, 7) is 0.376. The van der Waals surface area contributed by atoms with Gasteiger partial charge in [-0.05, 0) is 12.3 Å². The Hall–Kier alpha value is -0.0400. The van der Waals surface area contributed by atoms with Crippen LogP contribution in [0.4, 0.5) is 0 Å². The Kier molecular flexibility index (Phi) is 8.88. The van der Waals surface area contributed by atoms with Crippen molar-refractivity contribution in [1.29, 1.82) is 0 Å². The number of aliphatic hydroxyl groups excluding tert-OH is 1. The maximum atomic E-state index is 8.64. The molecule has 1 heteroatoms. The van der Waals surface area contributed by atoms with Crippen LogP contribution < -0.4 is 0 Å². The van der Waals surface area contributed by atoms with E-state index in [1.54, 1.807) is 0 Å². The standard InChI is InChI=1S/C15H30O/c16-14-10-6-4-2-1-3-5-7-11-15-12-8-9-13-15/h15-16H,1-14H2. The molecule has 0 saturated heterocycles. The first-order valence-corrected chi connectivity index (χ1v) is 7.54. The second-order valence-corrected chi connectivity index (χ2v) is 5.49. The van der Waals surface area contributed by atoms with Gasteiger partial charge in [0, 0.05) is 6.61 Å². The van der Waals surface area contributed by atoms with Gasteiger partial charge >= 0.3 is 0 Å². The summed E-state index contributed by atoms with van der Waals surface area (Å²) in [5, 5.41) is 8.64. The fourth-order valence-electron chi connectivity index (χ4n) is 2.90. The molecule has 16 heavy (non-hydrogen) atoms. The molecule has 0 aromatic heterocycles. The third-order valence-corrected chi connectivity index (χ3v) is 4.00. The zero-order valence-electron chi connectivity index (χ0n) is 10.9. The van der Waals surface area contributed by atoms with Gasteiger partial charge in [-0.2, -0.15) is 0 Å². The average molecular weight is 226 g/mol. The Labute approximate surface area is 102 Å². The van der Waals surface area contributed by atoms with E-state index in [0.29, 0.717) is 6.61 Å². The lowest BCUT2D eigenvalue weighted by Gasteiger charge is -2.07. The summed E-state index contributed by atoms with van der Waals surface area (Å²) in [6, 6.07) is 0. The number of rotatable bonds is 10. The van der Waals surface area contributed by atoms with Gasteiger partial charge in [0.1, 0.15) is 0 Å². The van der Waals surface area contributed by atoms with Gasteiger partial charge in [0.2, 0.25) is 0 Å². The van der Waals surface area contributed by atoms with E-state index in [-0.39, 0.29) is 0 Å². The van der Waals surface area contributed by atoms with Crippen LogP contribution in [-0.4, -0.2) is 11.7 Å². The Morgan fingerprint density at radius 3 is 1.75 bits per heavy atom. The molecule has 1 aliphatic rings. The van der Waals surface area contributed by atoms with Gasteiger partial charge in [-0.15, -0.1) is 0 Å². The predicted molar refractivity (Wildman–Crippen MR) is 70.6 cm³/mol. The molecule has 96 valence electrons. The first-order chi connectivity index (χ1) is 7.93. The molecule has 0 amide bonds. The number of hydrogen-bond donors (Lipinski definition) is 1. The van der Waals surface area contributed by atoms with Gasteiger partial charge < -0.3 is 5.11 Å². The molecule has 1 fully saturated rings. The van der Waals surface area contributed by atoms with Gasteiger partial charge in [0.25, 0.3) is 0 Å². The van der Waals surface area contributed by atoms with Gasteiger partial charge in [0.05, 0.1) is 0 Å². The van der Waals surface area contributed by atoms with Gasteiger partial charge in [-0.25, -0.2) is 0 Å². The third-order valence-electron chi connectivity index (χ3n) is 4.00. The Morgan fingerprint density at radius 2 is 1.19 bits per heavy atom. The quantitative estimate of drug-likeness (QED) is 0.536. The first-order valence-electron chi connectivity index (χ1n) is 7.54. The average Bonchev–Trinajstić information content (AvgIpc) is 2.80. The highest BCUT2D eigenvalue weighted by molar-refractivity contribution is 4.66. The zero-order valence-corrected chi connectivity index (χ0v) is 10.9. The van der Waals surface area contributed by atoms with E-state index in [1.807, 2.05) is 0 Å². The molecule has 0 unspecified atom stereocenters. The molecule has 1 saturated carbocycles. The molecule has 0 aliphatic heterocycles. The molecule has 0 aromatic rings. The molecule has 0 bridgehead atoms. The van der Waals surface area contributed by atoms with E-state index in [1.165, 1.54) is 77.0 Å². The monoisotopic (exact) mass is 226 g/mol. The van der Waals surface area contributed by atoms with Crippen LogP contribution in [0.15, 0.2) is 0 Å². The van der Waals surface area contributed by atoms with Crippen molar-refractivity contribution in [3.05, 3.63) is 0 Å². The summed E-state index contributed by atoms with van der Waals surface area (Å²) in [5.74, 6) is 1.09. The van der Waals surface area contributed by atoms with Gasteiger partial charge in [0.15, 0.2) is 0 Å². The van der Waals surface area contributed by atoms with Gasteiger partial charge in [-0.3, -0.25) is 0 Å². The van der Waals surface area contributed by atoms with Crippen molar-refractivity contribution in [1.82, 2.24) is 0 Å². The Balaban J connectivity index is 1.71. The van der Waals surface area contributed by atoms with Crippen LogP contribution in [0.25, 0.3) is 0 Å². The highest BCUT2D eigenvalue weighted by Crippen LogP contribution is 2.29. The lowest BCUT2D eigenvalue weighted by molar-refractivity contribution is 0.282. The first kappa shape index (κ1) is 14.0. The van der Waals surface area contributed by atoms with Crippen molar-refractivity contribution < 1.29 is 5.11 Å². The highest BCUT2D eigenvalue weighted by Gasteiger charge is 2.13. The molecule has 1 rings (SSSR count). The largest absolute Gasteiger partial charge is 0.396 e. The molecular formula is C15H30O. The minimum Gasteiger partial charge on any atom is -0.396 e. The molecule has 0 radical (unpaired) electrons. The van der Waals surface area contributed by atoms with Crippen LogP contribution >= 0.6 is 0 Å². The van der Waals surface area contributed by atoms with Crippen molar-refractivity contribution in [2.24, 2.45) is 5.92 Å². The van der Waals surface area contributed by atoms with Crippen LogP contribution in [0.5, 0.6) is 0 Å². The van der Waals surface area contributed by atoms with Crippen LogP contribution in [0, 0.1) is 5.92 Å². The van der Waals surface area contributed by atoms with Crippen molar-refractivity contribution in [2.45, 2.75) is 83.5 Å². The molecule has 0 heterocycles. The summed E-state index contributed by atoms with van der Waals surface area (Å²) in [6.07, 6.45) is 18.2. The van der Waals surface area contributed by atoms with Crippen LogP contribution in [0.3, 0.4) is 0 Å². The molecule has 1 nitrogen and oxygen atoms in total. The van der Waals surface area contributed by atoms with Crippen molar-refractivity contribution >= 4 is 0 Å². The highest BCUT2D eigenvalue weighted by atomic mass is 16.2. The fourth-order valence-corrected chi connectivity index (χ4v) is 2.90. The van der Waals surface area contributed by atoms with Crippen molar-refractivity contribution in [3.63, 3.8) is 0 Å². The number of hydrogen-bond acceptors (Lipinski definition) is 1. The van der Waals surface area contributed by atoms with Gasteiger partial charge in [-0.1, -0.05) is 77.0 Å². The number of unbranched alkanes of at least 4 members (excludes halogenated alkanes) is 7. The number of aliphatic hydroxyl groups is 1. The summed E-state index contributed by atoms with van der Waals surface area (Å²) in [5.41, 5.74) is 0. The van der Waals surface area contributed by atoms with Crippen molar-refractivity contribution in [2.75, 3.05) is 6.61 Å². The lowest BCUT2D eigenvalue weighted by atomic mass is 9.99. The fraction of sp³-hybridized carbons (Fsp3) is 1.00.